The fourth-order valence-electron chi connectivity index (χ4n) is 2.97. The number of nitrogens with zero attached hydrogens (tertiary/aromatic N) is 3. The van der Waals surface area contributed by atoms with Crippen LogP contribution in [0.4, 0.5) is 0 Å². The van der Waals surface area contributed by atoms with Gasteiger partial charge in [-0.05, 0) is 38.0 Å². The smallest absolute Gasteiger partial charge is 0.123 e. The molecule has 1 aromatic carbocycles. The lowest BCUT2D eigenvalue weighted by Crippen LogP contribution is -2.05. The molecule has 0 fully saturated rings. The third kappa shape index (κ3) is 2.80. The molecule has 0 bridgehead atoms. The molecule has 0 spiro atoms. The van der Waals surface area contributed by atoms with Crippen LogP contribution in [0, 0.1) is 0 Å². The highest BCUT2D eigenvalue weighted by Gasteiger charge is 2.25. The zero-order valence-electron chi connectivity index (χ0n) is 14.6. The van der Waals surface area contributed by atoms with E-state index in [4.69, 9.17) is 5.10 Å². The summed E-state index contributed by atoms with van der Waals surface area (Å²) in [7, 11) is 0. The molecular weight excluding hydrogens is 298 g/mol. The van der Waals surface area contributed by atoms with Crippen LogP contribution < -0.4 is 0 Å². The van der Waals surface area contributed by atoms with Crippen LogP contribution in [0.3, 0.4) is 0 Å². The van der Waals surface area contributed by atoms with Crippen molar-refractivity contribution >= 4 is 0 Å². The number of phenols is 1. The van der Waals surface area contributed by atoms with Crippen molar-refractivity contribution in [2.45, 2.75) is 39.7 Å². The molecule has 0 aliphatic rings. The first-order valence-electron chi connectivity index (χ1n) is 8.31. The Hall–Kier alpha value is -2.62. The Morgan fingerprint density at radius 2 is 1.62 bits per heavy atom. The molecule has 0 saturated heterocycles. The summed E-state index contributed by atoms with van der Waals surface area (Å²) in [6, 6.07) is 11.7. The van der Waals surface area contributed by atoms with Crippen LogP contribution in [0.5, 0.6) is 5.75 Å². The average molecular weight is 321 g/mol. The Bertz CT molecular complexity index is 835. The number of pyridine rings is 1. The third-order valence-electron chi connectivity index (χ3n) is 4.10. The van der Waals surface area contributed by atoms with E-state index in [2.05, 4.69) is 32.7 Å². The molecular formula is C20H23N3O. The number of aromatic nitrogens is 3. The van der Waals surface area contributed by atoms with Gasteiger partial charge in [0.05, 0.1) is 11.4 Å². The van der Waals surface area contributed by atoms with Crippen LogP contribution in [0.1, 0.15) is 45.3 Å². The summed E-state index contributed by atoms with van der Waals surface area (Å²) in [5.74, 6) is 0.526. The highest BCUT2D eigenvalue weighted by atomic mass is 16.3. The second-order valence-electron chi connectivity index (χ2n) is 6.55. The largest absolute Gasteiger partial charge is 0.507 e. The maximum absolute atomic E-state index is 10.4. The SMILES string of the molecule is CC(C)c1nn(C(C)C)c(-c2ccncc2)c1-c1ccccc1O. The maximum atomic E-state index is 10.4. The molecule has 3 rings (SSSR count). The highest BCUT2D eigenvalue weighted by molar-refractivity contribution is 5.86. The normalized spacial score (nSPS) is 11.4. The minimum Gasteiger partial charge on any atom is -0.507 e. The van der Waals surface area contributed by atoms with Gasteiger partial charge in [0, 0.05) is 35.1 Å². The predicted octanol–water partition coefficient (Wildman–Crippen LogP) is 5.02. The van der Waals surface area contributed by atoms with E-state index in [-0.39, 0.29) is 17.7 Å². The lowest BCUT2D eigenvalue weighted by Gasteiger charge is -2.14. The number of benzene rings is 1. The van der Waals surface area contributed by atoms with E-state index < -0.39 is 0 Å². The first kappa shape index (κ1) is 16.2. The van der Waals surface area contributed by atoms with Crippen LogP contribution in [0.15, 0.2) is 48.8 Å². The van der Waals surface area contributed by atoms with Gasteiger partial charge in [0.1, 0.15) is 5.75 Å². The number of hydrogen-bond donors (Lipinski definition) is 1. The average Bonchev–Trinajstić information content (AvgIpc) is 2.97. The number of rotatable bonds is 4. The number of hydrogen-bond acceptors (Lipinski definition) is 3. The van der Waals surface area contributed by atoms with Crippen molar-refractivity contribution < 1.29 is 5.11 Å². The van der Waals surface area contributed by atoms with E-state index in [1.54, 1.807) is 18.5 Å². The number of para-hydroxylation sites is 1. The monoisotopic (exact) mass is 321 g/mol. The van der Waals surface area contributed by atoms with Gasteiger partial charge in [-0.1, -0.05) is 32.0 Å². The molecule has 0 aliphatic carbocycles. The van der Waals surface area contributed by atoms with Crippen molar-refractivity contribution in [1.82, 2.24) is 14.8 Å². The minimum atomic E-state index is 0.213. The van der Waals surface area contributed by atoms with Crippen molar-refractivity contribution in [2.75, 3.05) is 0 Å². The Kier molecular flexibility index (Phi) is 4.38. The predicted molar refractivity (Wildman–Crippen MR) is 97.0 cm³/mol. The molecule has 0 unspecified atom stereocenters. The molecule has 24 heavy (non-hydrogen) atoms. The van der Waals surface area contributed by atoms with Crippen LogP contribution in [-0.4, -0.2) is 19.9 Å². The summed E-state index contributed by atoms with van der Waals surface area (Å²) >= 11 is 0. The Balaban J connectivity index is 2.39. The summed E-state index contributed by atoms with van der Waals surface area (Å²) in [4.78, 5) is 4.13. The summed E-state index contributed by atoms with van der Waals surface area (Å²) < 4.78 is 2.05. The van der Waals surface area contributed by atoms with Gasteiger partial charge in [-0.25, -0.2) is 0 Å². The molecule has 4 heteroatoms. The van der Waals surface area contributed by atoms with E-state index in [1.165, 1.54) is 0 Å². The van der Waals surface area contributed by atoms with Gasteiger partial charge in [-0.3, -0.25) is 9.67 Å². The van der Waals surface area contributed by atoms with Crippen molar-refractivity contribution in [3.8, 4) is 28.1 Å². The van der Waals surface area contributed by atoms with Crippen molar-refractivity contribution in [3.05, 3.63) is 54.5 Å². The standard InChI is InChI=1S/C20H23N3O/c1-13(2)19-18(16-7-5-6-8-17(16)24)20(23(22-19)14(3)4)15-9-11-21-12-10-15/h5-14,24H,1-4H3. The fourth-order valence-corrected chi connectivity index (χ4v) is 2.97. The molecule has 0 saturated carbocycles. The van der Waals surface area contributed by atoms with Crippen LogP contribution in [-0.2, 0) is 0 Å². The number of aromatic hydroxyl groups is 1. The molecule has 0 aliphatic heterocycles. The van der Waals surface area contributed by atoms with Gasteiger partial charge in [-0.2, -0.15) is 5.10 Å². The molecule has 0 amide bonds. The molecule has 4 nitrogen and oxygen atoms in total. The maximum Gasteiger partial charge on any atom is 0.123 e. The zero-order chi connectivity index (χ0) is 17.3. The van der Waals surface area contributed by atoms with Gasteiger partial charge >= 0.3 is 0 Å². The summed E-state index contributed by atoms with van der Waals surface area (Å²) in [5.41, 5.74) is 4.90. The van der Waals surface area contributed by atoms with Crippen LogP contribution >= 0.6 is 0 Å². The van der Waals surface area contributed by atoms with Gasteiger partial charge in [-0.15, -0.1) is 0 Å². The van der Waals surface area contributed by atoms with Gasteiger partial charge < -0.3 is 5.11 Å². The zero-order valence-corrected chi connectivity index (χ0v) is 14.6. The van der Waals surface area contributed by atoms with Gasteiger partial charge in [0.15, 0.2) is 0 Å². The fraction of sp³-hybridized carbons (Fsp3) is 0.300. The Morgan fingerprint density at radius 3 is 2.21 bits per heavy atom. The topological polar surface area (TPSA) is 50.9 Å². The molecule has 0 atom stereocenters. The Labute approximate surface area is 142 Å². The van der Waals surface area contributed by atoms with Gasteiger partial charge in [0.25, 0.3) is 0 Å². The van der Waals surface area contributed by atoms with E-state index in [9.17, 15) is 5.11 Å². The Morgan fingerprint density at radius 1 is 0.958 bits per heavy atom. The van der Waals surface area contributed by atoms with Gasteiger partial charge in [0.2, 0.25) is 0 Å². The molecule has 124 valence electrons. The van der Waals surface area contributed by atoms with Crippen LogP contribution in [0.25, 0.3) is 22.4 Å². The molecule has 3 aromatic rings. The van der Waals surface area contributed by atoms with Crippen molar-refractivity contribution in [3.63, 3.8) is 0 Å². The molecule has 2 aromatic heterocycles. The minimum absolute atomic E-state index is 0.213. The van der Waals surface area contributed by atoms with Crippen molar-refractivity contribution in [1.29, 1.82) is 0 Å². The summed E-state index contributed by atoms with van der Waals surface area (Å²) in [6.07, 6.45) is 3.58. The summed E-state index contributed by atoms with van der Waals surface area (Å²) in [5, 5.41) is 15.3. The summed E-state index contributed by atoms with van der Waals surface area (Å²) in [6.45, 7) is 8.51. The van der Waals surface area contributed by atoms with E-state index in [0.717, 1.165) is 28.1 Å². The quantitative estimate of drug-likeness (QED) is 0.734. The lowest BCUT2D eigenvalue weighted by atomic mass is 9.94. The lowest BCUT2D eigenvalue weighted by molar-refractivity contribution is 0.477. The molecule has 0 radical (unpaired) electrons. The third-order valence-corrected chi connectivity index (χ3v) is 4.10. The van der Waals surface area contributed by atoms with E-state index in [0.29, 0.717) is 0 Å². The second kappa shape index (κ2) is 6.48. The van der Waals surface area contributed by atoms with Crippen molar-refractivity contribution in [2.24, 2.45) is 0 Å². The molecule has 1 N–H and O–H groups in total. The first-order chi connectivity index (χ1) is 11.5. The first-order valence-corrected chi connectivity index (χ1v) is 8.31. The van der Waals surface area contributed by atoms with E-state index >= 15 is 0 Å². The molecule has 2 heterocycles. The van der Waals surface area contributed by atoms with Crippen LogP contribution in [0.2, 0.25) is 0 Å². The highest BCUT2D eigenvalue weighted by Crippen LogP contribution is 2.42. The second-order valence-corrected chi connectivity index (χ2v) is 6.55. The number of phenolic OH excluding ortho intramolecular Hbond substituents is 1. The van der Waals surface area contributed by atoms with E-state index in [1.807, 2.05) is 35.0 Å².